The van der Waals surface area contributed by atoms with Crippen molar-refractivity contribution in [2.75, 3.05) is 4.90 Å². The van der Waals surface area contributed by atoms with Crippen LogP contribution in [0.4, 0.5) is 11.6 Å². The van der Waals surface area contributed by atoms with Crippen LogP contribution in [0, 0.1) is 11.3 Å². The fourth-order valence-electron chi connectivity index (χ4n) is 4.43. The van der Waals surface area contributed by atoms with Crippen LogP contribution in [0.15, 0.2) is 66.2 Å². The van der Waals surface area contributed by atoms with Gasteiger partial charge >= 0.3 is 0 Å². The van der Waals surface area contributed by atoms with Gasteiger partial charge in [-0.2, -0.15) is 5.26 Å². The number of hydrogen-bond donors (Lipinski definition) is 0. The molecule has 0 spiro atoms. The predicted octanol–water partition coefficient (Wildman–Crippen LogP) is 5.08. The second kappa shape index (κ2) is 9.11. The Morgan fingerprint density at radius 1 is 1.05 bits per heavy atom. The van der Waals surface area contributed by atoms with Gasteiger partial charge in [0, 0.05) is 38.9 Å². The van der Waals surface area contributed by atoms with E-state index in [0.717, 1.165) is 11.8 Å². The molecule has 2 aromatic heterocycles. The number of hydrogen-bond acceptors (Lipinski definition) is 7. The summed E-state index contributed by atoms with van der Waals surface area (Å²) in [5, 5.41) is 9.62. The van der Waals surface area contributed by atoms with Gasteiger partial charge < -0.3 is 0 Å². The number of nitrogens with zero attached hydrogens (tertiary/aromatic N) is 6. The van der Waals surface area contributed by atoms with Crippen LogP contribution in [0.5, 0.6) is 0 Å². The molecule has 37 heavy (non-hydrogen) atoms. The van der Waals surface area contributed by atoms with Crippen LogP contribution in [0.3, 0.4) is 0 Å². The maximum absolute atomic E-state index is 13.9. The van der Waals surface area contributed by atoms with Gasteiger partial charge in [0.1, 0.15) is 17.9 Å². The number of carbonyl (C=O) groups is 1. The van der Waals surface area contributed by atoms with Crippen LogP contribution in [-0.4, -0.2) is 33.8 Å². The highest BCUT2D eigenvalue weighted by Crippen LogP contribution is 2.45. The van der Waals surface area contributed by atoms with Crippen LogP contribution in [0.1, 0.15) is 18.2 Å². The molecule has 0 fully saturated rings. The maximum atomic E-state index is 13.9. The monoisotopic (exact) mass is 572 g/mol. The van der Waals surface area contributed by atoms with E-state index in [9.17, 15) is 18.5 Å². The van der Waals surface area contributed by atoms with Crippen LogP contribution in [0.25, 0.3) is 11.1 Å². The van der Waals surface area contributed by atoms with Crippen molar-refractivity contribution < 1.29 is 13.2 Å². The first-order chi connectivity index (χ1) is 17.5. The second-order valence-electron chi connectivity index (χ2n) is 8.48. The molecular formula is C24H15Cl3N6O3S. The maximum Gasteiger partial charge on any atom is 0.278 e. The Bertz CT molecular complexity index is 1700. The number of anilines is 2. The topological polar surface area (TPSA) is 122 Å². The molecule has 4 aromatic rings. The smallest absolute Gasteiger partial charge is 0.278 e. The molecule has 0 N–H and O–H groups in total. The van der Waals surface area contributed by atoms with Crippen molar-refractivity contribution in [3.63, 3.8) is 0 Å². The van der Waals surface area contributed by atoms with Crippen molar-refractivity contribution in [3.8, 4) is 17.2 Å². The van der Waals surface area contributed by atoms with E-state index < -0.39 is 20.5 Å². The van der Waals surface area contributed by atoms with E-state index in [1.54, 1.807) is 37.4 Å². The average molecular weight is 574 g/mol. The largest absolute Gasteiger partial charge is 0.284 e. The SMILES string of the molecule is C[C@@]1(Cc2ccc(-c3cncnc3C#N)cc2)C(=O)N(c2cc(Cl)cc(Cl)c2)c2ncc(S(=O)(=O)Cl)n21. The first kappa shape index (κ1) is 25.2. The Morgan fingerprint density at radius 2 is 1.73 bits per heavy atom. The van der Waals surface area contributed by atoms with E-state index in [0.29, 0.717) is 26.9 Å². The number of amides is 1. The number of carbonyl (C=O) groups excluding carboxylic acids is 1. The minimum absolute atomic E-state index is 0.0711. The molecule has 2 aromatic carbocycles. The lowest BCUT2D eigenvalue weighted by molar-refractivity contribution is -0.124. The minimum Gasteiger partial charge on any atom is -0.284 e. The zero-order valence-corrected chi connectivity index (χ0v) is 22.0. The Kier molecular flexibility index (Phi) is 6.20. The summed E-state index contributed by atoms with van der Waals surface area (Å²) in [5.74, 6) is -0.371. The molecule has 3 heterocycles. The lowest BCUT2D eigenvalue weighted by Crippen LogP contribution is -2.41. The van der Waals surface area contributed by atoms with E-state index in [1.165, 1.54) is 34.0 Å². The summed E-state index contributed by atoms with van der Waals surface area (Å²) in [5.41, 5.74) is 1.16. The van der Waals surface area contributed by atoms with Crippen molar-refractivity contribution in [1.29, 1.82) is 5.26 Å². The fourth-order valence-corrected chi connectivity index (χ4v) is 5.95. The summed E-state index contributed by atoms with van der Waals surface area (Å²) >= 11 is 12.3. The van der Waals surface area contributed by atoms with Gasteiger partial charge in [-0.3, -0.25) is 9.36 Å². The van der Waals surface area contributed by atoms with Gasteiger partial charge in [0.05, 0.1) is 11.9 Å². The molecule has 1 aliphatic heterocycles. The highest BCUT2D eigenvalue weighted by Gasteiger charge is 2.51. The molecule has 1 aliphatic rings. The van der Waals surface area contributed by atoms with E-state index in [2.05, 4.69) is 15.0 Å². The zero-order valence-electron chi connectivity index (χ0n) is 18.9. The molecule has 0 radical (unpaired) electrons. The molecule has 1 amide bonds. The average Bonchev–Trinajstić information content (AvgIpc) is 3.37. The Hall–Kier alpha value is -3.49. The number of halogens is 3. The van der Waals surface area contributed by atoms with Gasteiger partial charge in [0.2, 0.25) is 5.95 Å². The van der Waals surface area contributed by atoms with Crippen LogP contribution < -0.4 is 4.90 Å². The number of fused-ring (bicyclic) bond motifs is 1. The second-order valence-corrected chi connectivity index (χ2v) is 11.9. The van der Waals surface area contributed by atoms with Gasteiger partial charge in [-0.25, -0.2) is 28.3 Å². The van der Waals surface area contributed by atoms with Crippen molar-refractivity contribution in [2.45, 2.75) is 23.9 Å². The number of benzene rings is 2. The molecule has 0 bridgehead atoms. The lowest BCUT2D eigenvalue weighted by Gasteiger charge is -2.26. The molecule has 9 nitrogen and oxygen atoms in total. The van der Waals surface area contributed by atoms with Crippen molar-refractivity contribution in [1.82, 2.24) is 19.5 Å². The summed E-state index contributed by atoms with van der Waals surface area (Å²) in [6.07, 6.45) is 4.07. The summed E-state index contributed by atoms with van der Waals surface area (Å²) in [6, 6.07) is 13.8. The third-order valence-corrected chi connectivity index (χ3v) is 7.75. The highest BCUT2D eigenvalue weighted by atomic mass is 35.7. The van der Waals surface area contributed by atoms with E-state index >= 15 is 0 Å². The number of imidazole rings is 1. The first-order valence-electron chi connectivity index (χ1n) is 10.7. The molecule has 0 aliphatic carbocycles. The molecule has 0 saturated carbocycles. The Balaban J connectivity index is 1.60. The molecule has 1 atom stereocenters. The van der Waals surface area contributed by atoms with Crippen molar-refractivity contribution in [2.24, 2.45) is 0 Å². The summed E-state index contributed by atoms with van der Waals surface area (Å²) < 4.78 is 26.1. The number of nitriles is 1. The van der Waals surface area contributed by atoms with Crippen molar-refractivity contribution >= 4 is 60.5 Å². The van der Waals surface area contributed by atoms with E-state index in [1.807, 2.05) is 6.07 Å². The minimum atomic E-state index is -4.25. The molecule has 5 rings (SSSR count). The van der Waals surface area contributed by atoms with E-state index in [4.69, 9.17) is 33.9 Å². The highest BCUT2D eigenvalue weighted by molar-refractivity contribution is 8.13. The quantitative estimate of drug-likeness (QED) is 0.305. The fraction of sp³-hybridized carbons (Fsp3) is 0.125. The third-order valence-electron chi connectivity index (χ3n) is 6.05. The lowest BCUT2D eigenvalue weighted by atomic mass is 9.91. The Labute approximate surface area is 226 Å². The summed E-state index contributed by atoms with van der Waals surface area (Å²) in [6.45, 7) is 1.62. The van der Waals surface area contributed by atoms with E-state index in [-0.39, 0.29) is 23.1 Å². The number of aromatic nitrogens is 4. The van der Waals surface area contributed by atoms with Gasteiger partial charge in [-0.15, -0.1) is 0 Å². The molecule has 13 heteroatoms. The van der Waals surface area contributed by atoms with Gasteiger partial charge in [0.15, 0.2) is 10.7 Å². The molecule has 0 unspecified atom stereocenters. The first-order valence-corrected chi connectivity index (χ1v) is 13.7. The van der Waals surface area contributed by atoms with Gasteiger partial charge in [-0.05, 0) is 36.2 Å². The molecular weight excluding hydrogens is 559 g/mol. The zero-order chi connectivity index (χ0) is 26.5. The molecule has 186 valence electrons. The van der Waals surface area contributed by atoms with Crippen molar-refractivity contribution in [3.05, 3.63) is 82.5 Å². The van der Waals surface area contributed by atoms with Gasteiger partial charge in [-0.1, -0.05) is 47.5 Å². The summed E-state index contributed by atoms with van der Waals surface area (Å²) in [4.78, 5) is 27.4. The predicted molar refractivity (Wildman–Crippen MR) is 138 cm³/mol. The Morgan fingerprint density at radius 3 is 2.35 bits per heavy atom. The molecule has 0 saturated heterocycles. The van der Waals surface area contributed by atoms with Crippen LogP contribution >= 0.6 is 33.9 Å². The van der Waals surface area contributed by atoms with Gasteiger partial charge in [0.25, 0.3) is 15.0 Å². The van der Waals surface area contributed by atoms with Crippen LogP contribution in [0.2, 0.25) is 10.0 Å². The summed E-state index contributed by atoms with van der Waals surface area (Å²) in [7, 11) is 1.48. The number of rotatable bonds is 5. The third kappa shape index (κ3) is 4.34. The normalized spacial score (nSPS) is 17.1. The van der Waals surface area contributed by atoms with Crippen LogP contribution in [-0.2, 0) is 25.8 Å². The standard InChI is InChI=1S/C24H15Cl3N6O3S/c1-24(9-14-2-4-15(5-3-14)19-11-29-13-31-20(19)10-28)22(34)32(18-7-16(25)6-17(26)8-18)23-30-12-21(33(23)24)37(27,35)36/h2-8,11-13H,9H2,1H3/t24-/m1/s1.